The van der Waals surface area contributed by atoms with Crippen LogP contribution in [0.2, 0.25) is 6.82 Å². The lowest BCUT2D eigenvalue weighted by Crippen LogP contribution is -2.35. The molecule has 0 aromatic heterocycles. The molecule has 6 N–H and O–H groups in total. The van der Waals surface area contributed by atoms with Gasteiger partial charge in [0.15, 0.2) is 0 Å². The average molecular weight is 457 g/mol. The lowest BCUT2D eigenvalue weighted by atomic mass is 9.73. The number of hydrazine groups is 1. The zero-order chi connectivity index (χ0) is 24.5. The number of aliphatic imine (C=N–C) groups is 1. The number of nitrogens with zero attached hydrogens (tertiary/aromatic N) is 1. The summed E-state index contributed by atoms with van der Waals surface area (Å²) >= 11 is 0. The van der Waals surface area contributed by atoms with Crippen LogP contribution in [0, 0.1) is 0 Å². The lowest BCUT2D eigenvalue weighted by molar-refractivity contribution is 0.414. The maximum atomic E-state index is 6.32. The number of ether oxygens (including phenoxy) is 1. The van der Waals surface area contributed by atoms with Crippen LogP contribution in [0.1, 0.15) is 18.9 Å². The predicted molar refractivity (Wildman–Crippen MR) is 144 cm³/mol. The fourth-order valence-electron chi connectivity index (χ4n) is 3.59. The summed E-state index contributed by atoms with van der Waals surface area (Å²) < 4.78 is 5.43. The van der Waals surface area contributed by atoms with Crippen molar-refractivity contribution in [1.82, 2.24) is 21.5 Å². The van der Waals surface area contributed by atoms with Crippen LogP contribution in [-0.4, -0.2) is 39.4 Å². The second kappa shape index (κ2) is 12.1. The van der Waals surface area contributed by atoms with Crippen LogP contribution in [0.3, 0.4) is 0 Å². The van der Waals surface area contributed by atoms with Crippen LogP contribution in [0.25, 0.3) is 5.70 Å². The third-order valence-corrected chi connectivity index (χ3v) is 5.66. The first-order chi connectivity index (χ1) is 16.4. The molecule has 1 atom stereocenters. The quantitative estimate of drug-likeness (QED) is 0.160. The van der Waals surface area contributed by atoms with Crippen LogP contribution in [0.15, 0.2) is 89.2 Å². The van der Waals surface area contributed by atoms with Gasteiger partial charge in [0, 0.05) is 23.4 Å². The van der Waals surface area contributed by atoms with Gasteiger partial charge in [0.1, 0.15) is 24.7 Å². The largest absolute Gasteiger partial charge is 0.497 e. The Morgan fingerprint density at radius 1 is 1.32 bits per heavy atom. The minimum Gasteiger partial charge on any atom is -0.497 e. The molecule has 1 unspecified atom stereocenters. The minimum atomic E-state index is 0.00499. The van der Waals surface area contributed by atoms with Crippen molar-refractivity contribution in [2.24, 2.45) is 10.7 Å². The van der Waals surface area contributed by atoms with Crippen molar-refractivity contribution in [2.45, 2.75) is 26.2 Å². The normalized spacial score (nSPS) is 18.7. The van der Waals surface area contributed by atoms with E-state index in [0.717, 1.165) is 53.2 Å². The van der Waals surface area contributed by atoms with Gasteiger partial charge in [-0.05, 0) is 49.7 Å². The van der Waals surface area contributed by atoms with Gasteiger partial charge in [-0.2, -0.15) is 0 Å². The van der Waals surface area contributed by atoms with E-state index in [1.54, 1.807) is 7.11 Å². The van der Waals surface area contributed by atoms with E-state index in [-0.39, 0.29) is 6.04 Å². The Hall–Kier alpha value is -3.49. The zero-order valence-electron chi connectivity index (χ0n) is 20.2. The van der Waals surface area contributed by atoms with E-state index in [4.69, 9.17) is 15.5 Å². The molecule has 0 aliphatic carbocycles. The van der Waals surface area contributed by atoms with Gasteiger partial charge in [-0.1, -0.05) is 43.2 Å². The molecule has 1 radical (unpaired) electrons. The number of benzene rings is 1. The first kappa shape index (κ1) is 25.1. The van der Waals surface area contributed by atoms with E-state index < -0.39 is 0 Å². The summed E-state index contributed by atoms with van der Waals surface area (Å²) in [5, 5.41) is 6.67. The fraction of sp³-hybridized carbons (Fsp3) is 0.269. The summed E-state index contributed by atoms with van der Waals surface area (Å²) in [5.41, 5.74) is 18.1. The van der Waals surface area contributed by atoms with Crippen LogP contribution in [0.4, 0.5) is 5.69 Å². The molecule has 0 fully saturated rings. The topological polar surface area (TPSA) is 95.7 Å². The second-order valence-corrected chi connectivity index (χ2v) is 7.99. The fourth-order valence-corrected chi connectivity index (χ4v) is 3.59. The number of methoxy groups -OCH3 is 1. The Kier molecular flexibility index (Phi) is 8.96. The third kappa shape index (κ3) is 6.53. The van der Waals surface area contributed by atoms with Crippen molar-refractivity contribution < 1.29 is 4.74 Å². The highest BCUT2D eigenvalue weighted by Gasteiger charge is 2.18. The molecule has 0 saturated heterocycles. The van der Waals surface area contributed by atoms with Crippen molar-refractivity contribution in [3.8, 4) is 5.75 Å². The number of hydrogen-bond acceptors (Lipinski definition) is 6. The molecule has 1 aromatic carbocycles. The number of nitrogens with one attached hydrogen (secondary N) is 4. The summed E-state index contributed by atoms with van der Waals surface area (Å²) in [6.45, 7) is 13.9. The number of hydrogen-bond donors (Lipinski definition) is 5. The number of allylic oxidation sites excluding steroid dienone is 3. The monoisotopic (exact) mass is 457 g/mol. The van der Waals surface area contributed by atoms with Gasteiger partial charge in [0.2, 0.25) is 0 Å². The highest BCUT2D eigenvalue weighted by Crippen LogP contribution is 2.30. The van der Waals surface area contributed by atoms with Gasteiger partial charge in [0.25, 0.3) is 0 Å². The second-order valence-electron chi connectivity index (χ2n) is 7.99. The first-order valence-electron chi connectivity index (χ1n) is 11.4. The molecular formula is C26H34BN6O. The van der Waals surface area contributed by atoms with Gasteiger partial charge in [0.05, 0.1) is 18.8 Å². The standard InChI is InChI=1S/C26H34BN6O/c1-6-19(10-9-17(2)27-4)24-15-25(33-32-24)30-18(3)22-14-21(34-5)11-12-23(22)31-26(28)20-8-7-13-29-16-20/h6,8-12,14-15,24,29-30,32-33H,2-3,7,13,16H2,1,4-5H3,(H2,28,31)/b10-9-,19-6+. The molecule has 0 bridgehead atoms. The van der Waals surface area contributed by atoms with Crippen LogP contribution >= 0.6 is 0 Å². The van der Waals surface area contributed by atoms with E-state index in [0.29, 0.717) is 17.3 Å². The molecule has 0 saturated carbocycles. The maximum Gasteiger partial charge on any atom is 0.147 e. The molecule has 2 heterocycles. The Morgan fingerprint density at radius 2 is 2.15 bits per heavy atom. The maximum absolute atomic E-state index is 6.32. The molecule has 8 heteroatoms. The average Bonchev–Trinajstić information content (AvgIpc) is 3.32. The molecule has 2 aliphatic heterocycles. The number of rotatable bonds is 10. The molecule has 34 heavy (non-hydrogen) atoms. The zero-order valence-corrected chi connectivity index (χ0v) is 20.2. The molecule has 177 valence electrons. The molecule has 0 spiro atoms. The molecule has 3 rings (SSSR count). The lowest BCUT2D eigenvalue weighted by Gasteiger charge is -2.16. The van der Waals surface area contributed by atoms with Crippen molar-refractivity contribution in [1.29, 1.82) is 0 Å². The van der Waals surface area contributed by atoms with Crippen LogP contribution < -0.4 is 32.0 Å². The summed E-state index contributed by atoms with van der Waals surface area (Å²) in [5.74, 6) is 2.02. The minimum absolute atomic E-state index is 0.00499. The summed E-state index contributed by atoms with van der Waals surface area (Å²) in [7, 11) is 3.61. The highest BCUT2D eigenvalue weighted by atomic mass is 16.5. The summed E-state index contributed by atoms with van der Waals surface area (Å²) in [6.07, 6.45) is 11.3. The Morgan fingerprint density at radius 3 is 2.82 bits per heavy atom. The summed E-state index contributed by atoms with van der Waals surface area (Å²) in [6, 6.07) is 5.67. The van der Waals surface area contributed by atoms with Crippen molar-refractivity contribution >= 4 is 24.5 Å². The highest BCUT2D eigenvalue weighted by molar-refractivity contribution is 6.44. The van der Waals surface area contributed by atoms with E-state index in [1.807, 2.05) is 45.3 Å². The Bertz CT molecular complexity index is 1080. The van der Waals surface area contributed by atoms with Crippen LogP contribution in [-0.2, 0) is 0 Å². The van der Waals surface area contributed by atoms with E-state index in [2.05, 4.69) is 58.9 Å². The van der Waals surface area contributed by atoms with Crippen LogP contribution in [0.5, 0.6) is 5.75 Å². The Balaban J connectivity index is 1.80. The van der Waals surface area contributed by atoms with E-state index >= 15 is 0 Å². The smallest absolute Gasteiger partial charge is 0.147 e. The van der Waals surface area contributed by atoms with Gasteiger partial charge < -0.3 is 26.5 Å². The van der Waals surface area contributed by atoms with Crippen molar-refractivity contribution in [3.63, 3.8) is 0 Å². The number of nitrogens with two attached hydrogens (primary N) is 1. The van der Waals surface area contributed by atoms with Crippen molar-refractivity contribution in [3.05, 3.63) is 89.7 Å². The molecule has 0 amide bonds. The van der Waals surface area contributed by atoms with Gasteiger partial charge >= 0.3 is 0 Å². The Labute approximate surface area is 203 Å². The SMILES string of the molecule is C=C([B]C)/C=C\C(=C/C)C1C=C(NC(=C)c2cc(OC)ccc2N=C(N)C2=CCCNC2)NN1. The van der Waals surface area contributed by atoms with Gasteiger partial charge in [-0.15, -0.1) is 6.58 Å². The van der Waals surface area contributed by atoms with E-state index in [1.165, 1.54) is 0 Å². The molecule has 1 aromatic rings. The molecule has 7 nitrogen and oxygen atoms in total. The summed E-state index contributed by atoms with van der Waals surface area (Å²) in [4.78, 5) is 4.70. The van der Waals surface area contributed by atoms with Gasteiger partial charge in [-0.3, -0.25) is 0 Å². The van der Waals surface area contributed by atoms with Gasteiger partial charge in [-0.25, -0.2) is 10.4 Å². The van der Waals surface area contributed by atoms with E-state index in [9.17, 15) is 0 Å². The first-order valence-corrected chi connectivity index (χ1v) is 11.4. The molecule has 2 aliphatic rings. The number of amidine groups is 1. The predicted octanol–water partition coefficient (Wildman–Crippen LogP) is 3.25. The van der Waals surface area contributed by atoms with Crippen molar-refractivity contribution in [2.75, 3.05) is 20.2 Å². The molecular weight excluding hydrogens is 423 g/mol. The third-order valence-electron chi connectivity index (χ3n) is 5.66.